The number of carbonyl (C=O) groups is 1. The number of pyridine rings is 1. The third kappa shape index (κ3) is 2.44. The number of nitrogens with two attached hydrogens (primary N) is 1. The smallest absolute Gasteiger partial charge is 0.341 e. The maximum absolute atomic E-state index is 15.4. The van der Waals surface area contributed by atoms with Crippen molar-refractivity contribution in [3.05, 3.63) is 39.7 Å². The molecule has 1 saturated carbocycles. The first-order valence-corrected chi connectivity index (χ1v) is 8.63. The molecule has 3 N–H and O–H groups in total. The molecular formula is C18H18F3N3O3. The predicted molar refractivity (Wildman–Crippen MR) is 92.9 cm³/mol. The number of hydrogen-bond acceptors (Lipinski definition) is 4. The van der Waals surface area contributed by atoms with Crippen molar-refractivity contribution in [3.63, 3.8) is 0 Å². The van der Waals surface area contributed by atoms with Crippen LogP contribution in [0.4, 0.5) is 18.9 Å². The van der Waals surface area contributed by atoms with Gasteiger partial charge in [-0.05, 0) is 25.5 Å². The summed E-state index contributed by atoms with van der Waals surface area (Å²) in [5.74, 6) is -3.46. The second kappa shape index (κ2) is 5.98. The molecule has 2 aromatic rings. The lowest BCUT2D eigenvalue weighted by Gasteiger charge is -2.35. The van der Waals surface area contributed by atoms with Gasteiger partial charge in [0.25, 0.3) is 0 Å². The van der Waals surface area contributed by atoms with Crippen LogP contribution in [-0.4, -0.2) is 41.4 Å². The van der Waals surface area contributed by atoms with E-state index in [9.17, 15) is 18.4 Å². The summed E-state index contributed by atoms with van der Waals surface area (Å²) in [5.41, 5.74) is 3.42. The van der Waals surface area contributed by atoms with Gasteiger partial charge >= 0.3 is 5.97 Å². The molecule has 1 aliphatic carbocycles. The van der Waals surface area contributed by atoms with E-state index in [1.54, 1.807) is 4.90 Å². The zero-order valence-electron chi connectivity index (χ0n) is 14.3. The molecule has 3 heterocycles. The van der Waals surface area contributed by atoms with Crippen molar-refractivity contribution in [1.29, 1.82) is 0 Å². The molecule has 1 aromatic heterocycles. The van der Waals surface area contributed by atoms with Crippen molar-refractivity contribution in [3.8, 4) is 0 Å². The van der Waals surface area contributed by atoms with E-state index in [0.29, 0.717) is 13.1 Å². The first-order valence-electron chi connectivity index (χ1n) is 8.63. The van der Waals surface area contributed by atoms with Gasteiger partial charge in [0.05, 0.1) is 17.4 Å². The third-order valence-corrected chi connectivity index (χ3v) is 5.79. The second-order valence-electron chi connectivity index (χ2n) is 7.37. The number of fused-ring (bicyclic) bond motifs is 2. The number of halogens is 3. The number of benzene rings is 1. The number of aryl methyl sites for hydroxylation is 1. The number of rotatable bonds is 5. The second-order valence-corrected chi connectivity index (χ2v) is 7.37. The molecule has 0 radical (unpaired) electrons. The Labute approximate surface area is 152 Å². The van der Waals surface area contributed by atoms with Gasteiger partial charge in [-0.25, -0.2) is 18.0 Å². The normalized spacial score (nSPS) is 23.7. The number of aromatic nitrogens is 1. The minimum atomic E-state index is -1.54. The minimum absolute atomic E-state index is 0.0327. The lowest BCUT2D eigenvalue weighted by atomic mass is 9.70. The molecule has 2 aliphatic heterocycles. The summed E-state index contributed by atoms with van der Waals surface area (Å²) in [5, 5.41) is 8.75. The van der Waals surface area contributed by atoms with Crippen LogP contribution in [-0.2, 0) is 6.54 Å². The molecular weight excluding hydrogens is 363 g/mol. The first kappa shape index (κ1) is 17.8. The number of anilines is 1. The Balaban J connectivity index is 1.96. The van der Waals surface area contributed by atoms with Crippen LogP contribution >= 0.6 is 0 Å². The highest BCUT2D eigenvalue weighted by atomic mass is 19.1. The Kier molecular flexibility index (Phi) is 3.95. The molecule has 2 saturated heterocycles. The van der Waals surface area contributed by atoms with Crippen LogP contribution in [0.25, 0.3) is 10.9 Å². The van der Waals surface area contributed by atoms with Gasteiger partial charge in [0.15, 0.2) is 5.82 Å². The molecule has 0 unspecified atom stereocenters. The zero-order chi connectivity index (χ0) is 19.5. The molecule has 0 amide bonds. The topological polar surface area (TPSA) is 88.6 Å². The van der Waals surface area contributed by atoms with Crippen LogP contribution in [0.1, 0.15) is 23.2 Å². The summed E-state index contributed by atoms with van der Waals surface area (Å²) in [7, 11) is 0. The summed E-state index contributed by atoms with van der Waals surface area (Å²) in [4.78, 5) is 25.3. The standard InChI is InChI=1S/C18H18F3N3O3/c19-1-2-23-6-11(17(26)27)16(25)10-3-12(20)15(13(21)14(10)23)24-8-18(7-22)4-9(24)5-18/h3,6,9H,1-2,4-5,7-8,22H2,(H,26,27). The van der Waals surface area contributed by atoms with Gasteiger partial charge in [0.2, 0.25) is 5.43 Å². The molecule has 5 rings (SSSR count). The van der Waals surface area contributed by atoms with Crippen molar-refractivity contribution >= 4 is 22.6 Å². The van der Waals surface area contributed by atoms with Gasteiger partial charge in [-0.2, -0.15) is 0 Å². The van der Waals surface area contributed by atoms with Crippen LogP contribution in [0.2, 0.25) is 0 Å². The molecule has 6 nitrogen and oxygen atoms in total. The lowest BCUT2D eigenvalue weighted by Crippen LogP contribution is -2.40. The Morgan fingerprint density at radius 1 is 1.37 bits per heavy atom. The highest BCUT2D eigenvalue weighted by molar-refractivity contribution is 5.94. The van der Waals surface area contributed by atoms with E-state index in [1.807, 2.05) is 0 Å². The first-order chi connectivity index (χ1) is 12.8. The van der Waals surface area contributed by atoms with Gasteiger partial charge in [-0.15, -0.1) is 0 Å². The number of alkyl halides is 1. The fourth-order valence-corrected chi connectivity index (χ4v) is 4.43. The lowest BCUT2D eigenvalue weighted by molar-refractivity contribution is 0.0694. The summed E-state index contributed by atoms with van der Waals surface area (Å²) >= 11 is 0. The van der Waals surface area contributed by atoms with E-state index in [4.69, 9.17) is 10.8 Å². The van der Waals surface area contributed by atoms with Gasteiger partial charge in [-0.1, -0.05) is 0 Å². The van der Waals surface area contributed by atoms with Crippen LogP contribution < -0.4 is 16.1 Å². The molecule has 0 spiro atoms. The summed E-state index contributed by atoms with van der Waals surface area (Å²) < 4.78 is 44.1. The van der Waals surface area contributed by atoms with Crippen molar-refractivity contribution < 1.29 is 23.1 Å². The van der Waals surface area contributed by atoms with Crippen molar-refractivity contribution in [1.82, 2.24) is 4.57 Å². The van der Waals surface area contributed by atoms with Gasteiger partial charge < -0.3 is 20.3 Å². The maximum atomic E-state index is 15.4. The van der Waals surface area contributed by atoms with E-state index in [0.717, 1.165) is 29.7 Å². The van der Waals surface area contributed by atoms with Crippen LogP contribution in [0, 0.1) is 17.0 Å². The van der Waals surface area contributed by atoms with E-state index in [-0.39, 0.29) is 29.2 Å². The summed E-state index contributed by atoms with van der Waals surface area (Å²) in [6.45, 7) is -0.416. The maximum Gasteiger partial charge on any atom is 0.341 e. The molecule has 2 bridgehead atoms. The third-order valence-electron chi connectivity index (χ3n) is 5.79. The fraction of sp³-hybridized carbons (Fsp3) is 0.444. The monoisotopic (exact) mass is 381 g/mol. The highest BCUT2D eigenvalue weighted by Crippen LogP contribution is 2.53. The quantitative estimate of drug-likeness (QED) is 0.826. The summed E-state index contributed by atoms with van der Waals surface area (Å²) in [6, 6.07) is 0.817. The minimum Gasteiger partial charge on any atom is -0.477 e. The molecule has 3 fully saturated rings. The number of carboxylic acid groups (broad SMARTS) is 1. The van der Waals surface area contributed by atoms with E-state index in [1.165, 1.54) is 0 Å². The van der Waals surface area contributed by atoms with Gasteiger partial charge in [0, 0.05) is 24.2 Å². The Bertz CT molecular complexity index is 1010. The highest BCUT2D eigenvalue weighted by Gasteiger charge is 2.55. The SMILES string of the molecule is NCC12CC(C1)N(c1c(F)cc3c(=O)c(C(=O)O)cn(CCF)c3c1F)C2. The Morgan fingerprint density at radius 2 is 2.07 bits per heavy atom. The largest absolute Gasteiger partial charge is 0.477 e. The average Bonchev–Trinajstić information content (AvgIpc) is 3.12. The van der Waals surface area contributed by atoms with Crippen molar-refractivity contribution in [2.75, 3.05) is 24.7 Å². The van der Waals surface area contributed by atoms with E-state index >= 15 is 4.39 Å². The number of carboxylic acids is 1. The Hall–Kier alpha value is -2.55. The van der Waals surface area contributed by atoms with Gasteiger partial charge in [0.1, 0.15) is 23.7 Å². The van der Waals surface area contributed by atoms with Crippen molar-refractivity contribution in [2.45, 2.75) is 25.4 Å². The molecule has 144 valence electrons. The summed E-state index contributed by atoms with van der Waals surface area (Å²) in [6.07, 6.45) is 2.40. The van der Waals surface area contributed by atoms with Crippen LogP contribution in [0.15, 0.2) is 17.1 Å². The predicted octanol–water partition coefficient (Wildman–Crippen LogP) is 1.87. The van der Waals surface area contributed by atoms with Gasteiger partial charge in [-0.3, -0.25) is 4.79 Å². The molecule has 27 heavy (non-hydrogen) atoms. The molecule has 3 aliphatic rings. The number of hydrogen-bond donors (Lipinski definition) is 2. The average molecular weight is 381 g/mol. The molecule has 1 aromatic carbocycles. The van der Waals surface area contributed by atoms with E-state index < -0.39 is 40.7 Å². The fourth-order valence-electron chi connectivity index (χ4n) is 4.43. The molecule has 9 heteroatoms. The van der Waals surface area contributed by atoms with E-state index in [2.05, 4.69) is 0 Å². The Morgan fingerprint density at radius 3 is 2.63 bits per heavy atom. The number of aromatic carboxylic acids is 1. The zero-order valence-corrected chi connectivity index (χ0v) is 14.3. The van der Waals surface area contributed by atoms with Crippen molar-refractivity contribution in [2.24, 2.45) is 11.1 Å². The molecule has 0 atom stereocenters. The van der Waals surface area contributed by atoms with Crippen LogP contribution in [0.3, 0.4) is 0 Å². The number of nitrogens with zero attached hydrogens (tertiary/aromatic N) is 2. The van der Waals surface area contributed by atoms with Crippen LogP contribution in [0.5, 0.6) is 0 Å².